The van der Waals surface area contributed by atoms with Gasteiger partial charge in [-0.1, -0.05) is 30.3 Å². The molecule has 0 aliphatic carbocycles. The van der Waals surface area contributed by atoms with Crippen LogP contribution in [0, 0.1) is 0 Å². The van der Waals surface area contributed by atoms with Gasteiger partial charge in [-0.15, -0.1) is 0 Å². The van der Waals surface area contributed by atoms with Crippen molar-refractivity contribution in [1.82, 2.24) is 10.2 Å². The van der Waals surface area contributed by atoms with Crippen molar-refractivity contribution in [2.45, 2.75) is 19.8 Å². The minimum Gasteiger partial charge on any atom is -0.345 e. The first-order valence-electron chi connectivity index (χ1n) is 6.22. The fraction of sp³-hybridized carbons (Fsp3) is 0.500. The normalized spacial score (nSPS) is 10.2. The molecule has 94 valence electrons. The quantitative estimate of drug-likeness (QED) is 0.728. The van der Waals surface area contributed by atoms with Crippen LogP contribution in [-0.4, -0.2) is 37.5 Å². The molecule has 0 radical (unpaired) electrons. The van der Waals surface area contributed by atoms with Crippen molar-refractivity contribution in [2.24, 2.45) is 0 Å². The molecule has 3 nitrogen and oxygen atoms in total. The molecule has 1 aromatic carbocycles. The third kappa shape index (κ3) is 5.50. The molecule has 0 heterocycles. The molecule has 1 amide bonds. The summed E-state index contributed by atoms with van der Waals surface area (Å²) < 4.78 is 0. The topological polar surface area (TPSA) is 32.3 Å². The average molecular weight is 234 g/mol. The van der Waals surface area contributed by atoms with E-state index >= 15 is 0 Å². The molecule has 0 aliphatic heterocycles. The first-order valence-corrected chi connectivity index (χ1v) is 6.22. The Morgan fingerprint density at radius 3 is 2.65 bits per heavy atom. The lowest BCUT2D eigenvalue weighted by molar-refractivity contribution is -0.128. The third-order valence-corrected chi connectivity index (χ3v) is 2.84. The molecule has 1 rings (SSSR count). The van der Waals surface area contributed by atoms with Crippen LogP contribution >= 0.6 is 0 Å². The van der Waals surface area contributed by atoms with Gasteiger partial charge in [0.05, 0.1) is 6.54 Å². The fourth-order valence-electron chi connectivity index (χ4n) is 1.57. The number of aryl methyl sites for hydroxylation is 1. The highest BCUT2D eigenvalue weighted by Gasteiger charge is 2.04. The van der Waals surface area contributed by atoms with E-state index in [1.807, 2.05) is 20.0 Å². The summed E-state index contributed by atoms with van der Waals surface area (Å²) >= 11 is 0. The zero-order chi connectivity index (χ0) is 12.5. The van der Waals surface area contributed by atoms with Crippen molar-refractivity contribution in [3.8, 4) is 0 Å². The van der Waals surface area contributed by atoms with Crippen LogP contribution in [-0.2, 0) is 11.2 Å². The lowest BCUT2D eigenvalue weighted by atomic mass is 10.1. The summed E-state index contributed by atoms with van der Waals surface area (Å²) in [5.41, 5.74) is 1.35. The minimum atomic E-state index is 0.159. The zero-order valence-electron chi connectivity index (χ0n) is 10.8. The van der Waals surface area contributed by atoms with E-state index in [1.165, 1.54) is 5.56 Å². The summed E-state index contributed by atoms with van der Waals surface area (Å²) in [6.45, 7) is 4.08. The van der Waals surface area contributed by atoms with Crippen LogP contribution in [0.2, 0.25) is 0 Å². The number of benzene rings is 1. The van der Waals surface area contributed by atoms with Crippen LogP contribution in [0.25, 0.3) is 0 Å². The first kappa shape index (κ1) is 13.7. The smallest absolute Gasteiger partial charge is 0.236 e. The van der Waals surface area contributed by atoms with Gasteiger partial charge in [0.2, 0.25) is 5.91 Å². The zero-order valence-corrected chi connectivity index (χ0v) is 10.8. The van der Waals surface area contributed by atoms with Crippen LogP contribution in [0.1, 0.15) is 18.9 Å². The van der Waals surface area contributed by atoms with E-state index in [0.717, 1.165) is 25.9 Å². The van der Waals surface area contributed by atoms with Crippen molar-refractivity contribution < 1.29 is 4.79 Å². The molecule has 1 aromatic rings. The van der Waals surface area contributed by atoms with Gasteiger partial charge >= 0.3 is 0 Å². The highest BCUT2D eigenvalue weighted by atomic mass is 16.2. The van der Waals surface area contributed by atoms with Crippen LogP contribution in [0.3, 0.4) is 0 Å². The van der Waals surface area contributed by atoms with Crippen LogP contribution < -0.4 is 5.32 Å². The molecule has 0 fully saturated rings. The second-order valence-electron chi connectivity index (χ2n) is 4.17. The third-order valence-electron chi connectivity index (χ3n) is 2.84. The van der Waals surface area contributed by atoms with Gasteiger partial charge in [0.1, 0.15) is 0 Å². The maximum atomic E-state index is 11.5. The maximum absolute atomic E-state index is 11.5. The molecule has 3 heteroatoms. The summed E-state index contributed by atoms with van der Waals surface area (Å²) in [6.07, 6.45) is 2.12. The van der Waals surface area contributed by atoms with Gasteiger partial charge in [-0.25, -0.2) is 0 Å². The number of nitrogens with one attached hydrogen (secondary N) is 1. The molecule has 0 aliphatic rings. The molecule has 0 saturated heterocycles. The molecule has 0 spiro atoms. The van der Waals surface area contributed by atoms with Crippen molar-refractivity contribution in [3.05, 3.63) is 35.9 Å². The van der Waals surface area contributed by atoms with Gasteiger partial charge in [0.25, 0.3) is 0 Å². The van der Waals surface area contributed by atoms with Crippen LogP contribution in [0.5, 0.6) is 0 Å². The summed E-state index contributed by atoms with van der Waals surface area (Å²) in [7, 11) is 1.83. The number of hydrogen-bond donors (Lipinski definition) is 1. The lowest BCUT2D eigenvalue weighted by Gasteiger charge is -2.14. The molecule has 0 unspecified atom stereocenters. The Bertz CT molecular complexity index is 324. The Morgan fingerprint density at radius 1 is 1.29 bits per heavy atom. The molecule has 17 heavy (non-hydrogen) atoms. The number of amides is 1. The Labute approximate surface area is 104 Å². The number of hydrogen-bond acceptors (Lipinski definition) is 2. The highest BCUT2D eigenvalue weighted by molar-refractivity contribution is 5.77. The molecule has 0 atom stereocenters. The largest absolute Gasteiger partial charge is 0.345 e. The van der Waals surface area contributed by atoms with Crippen molar-refractivity contribution in [2.75, 3.05) is 26.7 Å². The van der Waals surface area contributed by atoms with Crippen LogP contribution in [0.4, 0.5) is 0 Å². The summed E-state index contributed by atoms with van der Waals surface area (Å²) in [5.74, 6) is 0.159. The number of likely N-dealkylation sites (N-methyl/N-ethyl adjacent to an activating group) is 1. The maximum Gasteiger partial charge on any atom is 0.236 e. The molecular weight excluding hydrogens is 212 g/mol. The number of carbonyl (C=O) groups is 1. The molecule has 0 saturated carbocycles. The Hall–Kier alpha value is -1.35. The second-order valence-corrected chi connectivity index (χ2v) is 4.17. The Balaban J connectivity index is 2.07. The standard InChI is InChI=1S/C14H22N2O/c1-3-16(2)14(17)12-15-11-7-10-13-8-5-4-6-9-13/h4-6,8-9,15H,3,7,10-12H2,1-2H3. The van der Waals surface area contributed by atoms with Crippen molar-refractivity contribution in [1.29, 1.82) is 0 Å². The molecule has 0 bridgehead atoms. The highest BCUT2D eigenvalue weighted by Crippen LogP contribution is 2.01. The van der Waals surface area contributed by atoms with E-state index in [0.29, 0.717) is 6.54 Å². The van der Waals surface area contributed by atoms with Gasteiger partial charge < -0.3 is 10.2 Å². The van der Waals surface area contributed by atoms with Crippen molar-refractivity contribution >= 4 is 5.91 Å². The first-order chi connectivity index (χ1) is 8.24. The lowest BCUT2D eigenvalue weighted by Crippen LogP contribution is -2.35. The van der Waals surface area contributed by atoms with E-state index in [2.05, 4.69) is 29.6 Å². The van der Waals surface area contributed by atoms with E-state index in [-0.39, 0.29) is 5.91 Å². The number of nitrogens with zero attached hydrogens (tertiary/aromatic N) is 1. The predicted molar refractivity (Wildman–Crippen MR) is 70.9 cm³/mol. The van der Waals surface area contributed by atoms with Gasteiger partial charge in [-0.05, 0) is 31.9 Å². The summed E-state index contributed by atoms with van der Waals surface area (Å²) in [5, 5.41) is 3.18. The minimum absolute atomic E-state index is 0.159. The van der Waals surface area contributed by atoms with Gasteiger partial charge in [0.15, 0.2) is 0 Å². The second kappa shape index (κ2) is 7.85. The SMILES string of the molecule is CCN(C)C(=O)CNCCCc1ccccc1. The predicted octanol–water partition coefficient (Wildman–Crippen LogP) is 1.69. The van der Waals surface area contributed by atoms with E-state index in [9.17, 15) is 4.79 Å². The summed E-state index contributed by atoms with van der Waals surface area (Å²) in [6, 6.07) is 10.4. The van der Waals surface area contributed by atoms with Crippen molar-refractivity contribution in [3.63, 3.8) is 0 Å². The Morgan fingerprint density at radius 2 is 2.00 bits per heavy atom. The number of rotatable bonds is 7. The molecular formula is C14H22N2O. The van der Waals surface area contributed by atoms with Gasteiger partial charge in [0, 0.05) is 13.6 Å². The van der Waals surface area contributed by atoms with E-state index < -0.39 is 0 Å². The fourth-order valence-corrected chi connectivity index (χ4v) is 1.57. The summed E-state index contributed by atoms with van der Waals surface area (Å²) in [4.78, 5) is 13.2. The average Bonchev–Trinajstić information content (AvgIpc) is 2.38. The van der Waals surface area contributed by atoms with Crippen LogP contribution in [0.15, 0.2) is 30.3 Å². The van der Waals surface area contributed by atoms with Gasteiger partial charge in [-0.2, -0.15) is 0 Å². The van der Waals surface area contributed by atoms with E-state index in [4.69, 9.17) is 0 Å². The Kier molecular flexibility index (Phi) is 6.33. The monoisotopic (exact) mass is 234 g/mol. The van der Waals surface area contributed by atoms with E-state index in [1.54, 1.807) is 4.90 Å². The van der Waals surface area contributed by atoms with Gasteiger partial charge in [-0.3, -0.25) is 4.79 Å². The number of carbonyl (C=O) groups excluding carboxylic acids is 1. The molecule has 1 N–H and O–H groups in total. The molecule has 0 aromatic heterocycles.